The number of fused-ring (bicyclic) bond motifs is 1. The topological polar surface area (TPSA) is 79.1 Å². The van der Waals surface area contributed by atoms with Gasteiger partial charge in [-0.1, -0.05) is 69.7 Å². The third-order valence-electron chi connectivity index (χ3n) is 6.50. The van der Waals surface area contributed by atoms with Gasteiger partial charge < -0.3 is 14.2 Å². The second kappa shape index (κ2) is 12.3. The SMILES string of the molecule is COc1ccc(Br)cc1[C@@H]1C(C(=O)OC(C)C)=C(C)N=c2s/c(=C\c3ccc(OCc4ccccc4)cc3)c(=O)n21. The van der Waals surface area contributed by atoms with E-state index in [4.69, 9.17) is 14.2 Å². The average molecular weight is 634 g/mol. The Morgan fingerprint density at radius 1 is 1.10 bits per heavy atom. The Morgan fingerprint density at radius 3 is 2.51 bits per heavy atom. The molecule has 1 aromatic heterocycles. The number of thiazole rings is 1. The number of carbonyl (C=O) groups excluding carboxylic acids is 1. The first-order chi connectivity index (χ1) is 19.7. The van der Waals surface area contributed by atoms with Gasteiger partial charge in [0.15, 0.2) is 4.80 Å². The van der Waals surface area contributed by atoms with Crippen molar-refractivity contribution in [2.24, 2.45) is 4.99 Å². The average Bonchev–Trinajstić information content (AvgIpc) is 3.25. The summed E-state index contributed by atoms with van der Waals surface area (Å²) in [5.41, 5.74) is 3.12. The number of carbonyl (C=O) groups is 1. The van der Waals surface area contributed by atoms with Crippen LogP contribution in [-0.4, -0.2) is 23.8 Å². The fourth-order valence-electron chi connectivity index (χ4n) is 4.63. The summed E-state index contributed by atoms with van der Waals surface area (Å²) < 4.78 is 20.0. The van der Waals surface area contributed by atoms with E-state index in [9.17, 15) is 9.59 Å². The number of rotatable bonds is 8. The maximum absolute atomic E-state index is 13.9. The Balaban J connectivity index is 1.56. The largest absolute Gasteiger partial charge is 0.496 e. The van der Waals surface area contributed by atoms with Crippen molar-refractivity contribution in [2.45, 2.75) is 39.5 Å². The quantitative estimate of drug-likeness (QED) is 0.238. The van der Waals surface area contributed by atoms with Crippen molar-refractivity contribution in [2.75, 3.05) is 7.11 Å². The molecule has 41 heavy (non-hydrogen) atoms. The van der Waals surface area contributed by atoms with Gasteiger partial charge in [0, 0.05) is 10.0 Å². The summed E-state index contributed by atoms with van der Waals surface area (Å²) in [5.74, 6) is 0.759. The molecule has 2 heterocycles. The number of allylic oxidation sites excluding steroid dienone is 1. The molecule has 0 N–H and O–H groups in total. The number of esters is 1. The van der Waals surface area contributed by atoms with Crippen LogP contribution in [0.2, 0.25) is 0 Å². The number of halogens is 1. The van der Waals surface area contributed by atoms with E-state index in [0.29, 0.717) is 38.5 Å². The van der Waals surface area contributed by atoms with E-state index >= 15 is 0 Å². The number of aromatic nitrogens is 1. The molecule has 1 aliphatic rings. The summed E-state index contributed by atoms with van der Waals surface area (Å²) in [4.78, 5) is 32.5. The first-order valence-corrected chi connectivity index (χ1v) is 14.7. The van der Waals surface area contributed by atoms with Crippen molar-refractivity contribution < 1.29 is 19.0 Å². The molecule has 1 aliphatic heterocycles. The van der Waals surface area contributed by atoms with E-state index in [1.807, 2.05) is 72.8 Å². The van der Waals surface area contributed by atoms with Crippen LogP contribution in [-0.2, 0) is 16.1 Å². The van der Waals surface area contributed by atoms with Gasteiger partial charge >= 0.3 is 5.97 Å². The van der Waals surface area contributed by atoms with Gasteiger partial charge in [-0.05, 0) is 68.3 Å². The molecule has 0 spiro atoms. The molecule has 3 aromatic carbocycles. The number of hydrogen-bond acceptors (Lipinski definition) is 7. The van der Waals surface area contributed by atoms with Crippen LogP contribution in [0.15, 0.2) is 98.3 Å². The molecule has 0 amide bonds. The minimum absolute atomic E-state index is 0.257. The highest BCUT2D eigenvalue weighted by atomic mass is 79.9. The minimum Gasteiger partial charge on any atom is -0.496 e. The number of ether oxygens (including phenoxy) is 3. The molecule has 5 rings (SSSR count). The lowest BCUT2D eigenvalue weighted by Gasteiger charge is -2.26. The summed E-state index contributed by atoms with van der Waals surface area (Å²) in [5, 5.41) is 0. The highest BCUT2D eigenvalue weighted by Gasteiger charge is 2.35. The molecule has 0 unspecified atom stereocenters. The molecule has 210 valence electrons. The van der Waals surface area contributed by atoms with Crippen LogP contribution in [0.25, 0.3) is 6.08 Å². The normalized spacial score (nSPS) is 15.0. The molecule has 7 nitrogen and oxygen atoms in total. The van der Waals surface area contributed by atoms with Crippen LogP contribution < -0.4 is 24.4 Å². The lowest BCUT2D eigenvalue weighted by molar-refractivity contribution is -0.143. The maximum atomic E-state index is 13.9. The van der Waals surface area contributed by atoms with Crippen LogP contribution in [0.1, 0.15) is 43.5 Å². The molecule has 0 saturated heterocycles. The zero-order chi connectivity index (χ0) is 29.1. The van der Waals surface area contributed by atoms with Crippen LogP contribution >= 0.6 is 27.3 Å². The summed E-state index contributed by atoms with van der Waals surface area (Å²) in [6.07, 6.45) is 1.49. The van der Waals surface area contributed by atoms with E-state index < -0.39 is 12.0 Å². The zero-order valence-corrected chi connectivity index (χ0v) is 25.5. The zero-order valence-electron chi connectivity index (χ0n) is 23.1. The highest BCUT2D eigenvalue weighted by molar-refractivity contribution is 9.10. The van der Waals surface area contributed by atoms with E-state index in [0.717, 1.165) is 21.3 Å². The van der Waals surface area contributed by atoms with Crippen LogP contribution in [0, 0.1) is 0 Å². The standard InChI is InChI=1S/C32H29BrN2O5S/c1-19(2)40-31(37)28-20(3)34-32-35(29(28)25-17-23(33)12-15-26(25)38-4)30(36)27(41-32)16-21-10-13-24(14-11-21)39-18-22-8-6-5-7-9-22/h5-17,19,29H,18H2,1-4H3/b27-16-/t29-/m1/s1. The van der Waals surface area contributed by atoms with E-state index in [1.54, 1.807) is 38.5 Å². The first kappa shape index (κ1) is 28.6. The van der Waals surface area contributed by atoms with Crippen molar-refractivity contribution >= 4 is 39.3 Å². The maximum Gasteiger partial charge on any atom is 0.338 e. The molecule has 9 heteroatoms. The van der Waals surface area contributed by atoms with Gasteiger partial charge in [0.05, 0.1) is 29.0 Å². The van der Waals surface area contributed by atoms with E-state index in [2.05, 4.69) is 20.9 Å². The van der Waals surface area contributed by atoms with E-state index in [1.165, 1.54) is 11.3 Å². The predicted molar refractivity (Wildman–Crippen MR) is 163 cm³/mol. The Morgan fingerprint density at radius 2 is 1.83 bits per heavy atom. The van der Waals surface area contributed by atoms with Crippen molar-refractivity contribution in [3.05, 3.63) is 125 Å². The van der Waals surface area contributed by atoms with Gasteiger partial charge in [-0.25, -0.2) is 9.79 Å². The summed E-state index contributed by atoms with van der Waals surface area (Å²) in [6.45, 7) is 5.81. The van der Waals surface area contributed by atoms with Crippen LogP contribution in [0.3, 0.4) is 0 Å². The Bertz CT molecular complexity index is 1790. The summed E-state index contributed by atoms with van der Waals surface area (Å²) in [6, 6.07) is 22.3. The molecular weight excluding hydrogens is 604 g/mol. The fraction of sp³-hybridized carbons (Fsp3) is 0.219. The van der Waals surface area contributed by atoms with Crippen molar-refractivity contribution in [3.63, 3.8) is 0 Å². The molecule has 1 atom stereocenters. The lowest BCUT2D eigenvalue weighted by atomic mass is 9.95. The van der Waals surface area contributed by atoms with Gasteiger partial charge in [0.2, 0.25) is 0 Å². The Labute approximate surface area is 250 Å². The lowest BCUT2D eigenvalue weighted by Crippen LogP contribution is -2.40. The van der Waals surface area contributed by atoms with E-state index in [-0.39, 0.29) is 11.7 Å². The molecular formula is C32H29BrN2O5S. The van der Waals surface area contributed by atoms with Gasteiger partial charge in [-0.2, -0.15) is 0 Å². The Kier molecular flexibility index (Phi) is 8.56. The number of methoxy groups -OCH3 is 1. The van der Waals surface area contributed by atoms with Crippen molar-refractivity contribution in [3.8, 4) is 11.5 Å². The number of nitrogens with zero attached hydrogens (tertiary/aromatic N) is 2. The highest BCUT2D eigenvalue weighted by Crippen LogP contribution is 2.37. The molecule has 0 radical (unpaired) electrons. The van der Waals surface area contributed by atoms with Crippen LogP contribution in [0.4, 0.5) is 0 Å². The molecule has 4 aromatic rings. The van der Waals surface area contributed by atoms with Crippen molar-refractivity contribution in [1.29, 1.82) is 0 Å². The smallest absolute Gasteiger partial charge is 0.338 e. The summed E-state index contributed by atoms with van der Waals surface area (Å²) in [7, 11) is 1.56. The monoisotopic (exact) mass is 632 g/mol. The van der Waals surface area contributed by atoms with Gasteiger partial charge in [-0.15, -0.1) is 0 Å². The molecule has 0 fully saturated rings. The first-order valence-electron chi connectivity index (χ1n) is 13.1. The number of benzene rings is 3. The van der Waals surface area contributed by atoms with Gasteiger partial charge in [0.1, 0.15) is 24.1 Å². The van der Waals surface area contributed by atoms with Crippen LogP contribution in [0.5, 0.6) is 11.5 Å². The van der Waals surface area contributed by atoms with Gasteiger partial charge in [0.25, 0.3) is 5.56 Å². The third kappa shape index (κ3) is 6.21. The third-order valence-corrected chi connectivity index (χ3v) is 7.97. The molecule has 0 bridgehead atoms. The molecule has 0 aliphatic carbocycles. The number of hydrogen-bond donors (Lipinski definition) is 0. The molecule has 0 saturated carbocycles. The second-order valence-corrected chi connectivity index (χ2v) is 11.7. The minimum atomic E-state index is -0.777. The second-order valence-electron chi connectivity index (χ2n) is 9.77. The fourth-order valence-corrected chi connectivity index (χ4v) is 6.05. The van der Waals surface area contributed by atoms with Gasteiger partial charge in [-0.3, -0.25) is 9.36 Å². The Hall–Kier alpha value is -3.95. The summed E-state index contributed by atoms with van der Waals surface area (Å²) >= 11 is 4.80. The predicted octanol–water partition coefficient (Wildman–Crippen LogP) is 5.54. The van der Waals surface area contributed by atoms with Crippen molar-refractivity contribution in [1.82, 2.24) is 4.57 Å².